The molecule has 76 valence electrons. The average Bonchev–Trinajstić information content (AvgIpc) is 2.08. The molecule has 1 nitrogen and oxygen atoms in total. The van der Waals surface area contributed by atoms with E-state index in [9.17, 15) is 4.79 Å². The number of ketones is 1. The second-order valence-corrected chi connectivity index (χ2v) is 4.24. The minimum Gasteiger partial charge on any atom is -0.300 e. The highest BCUT2D eigenvalue weighted by molar-refractivity contribution is 6.42. The monoisotopic (exact) mass is 230 g/mol. The summed E-state index contributed by atoms with van der Waals surface area (Å²) in [7, 11) is 0. The van der Waals surface area contributed by atoms with E-state index in [0.29, 0.717) is 16.5 Å². The molecule has 0 aliphatic rings. The first-order valence-corrected chi connectivity index (χ1v) is 5.21. The fraction of sp³-hybridized carbons (Fsp3) is 0.364. The SMILES string of the molecule is CC(=O)CC(C)c1cccc(Cl)c1Cl. The van der Waals surface area contributed by atoms with E-state index in [1.54, 1.807) is 13.0 Å². The molecule has 0 heterocycles. The van der Waals surface area contributed by atoms with Gasteiger partial charge in [-0.15, -0.1) is 0 Å². The lowest BCUT2D eigenvalue weighted by Crippen LogP contribution is -2.01. The minimum atomic E-state index is 0.124. The zero-order valence-electron chi connectivity index (χ0n) is 8.18. The van der Waals surface area contributed by atoms with Gasteiger partial charge in [0.2, 0.25) is 0 Å². The molecule has 0 N–H and O–H groups in total. The third-order valence-electron chi connectivity index (χ3n) is 2.11. The molecule has 1 unspecified atom stereocenters. The predicted octanol–water partition coefficient (Wildman–Crippen LogP) is 4.08. The van der Waals surface area contributed by atoms with Crippen LogP contribution in [-0.2, 0) is 4.79 Å². The van der Waals surface area contributed by atoms with Crippen LogP contribution in [0.1, 0.15) is 31.7 Å². The average molecular weight is 231 g/mol. The number of Topliss-reactive ketones (excluding diaryl/α,β-unsaturated/α-hetero) is 1. The molecule has 0 aliphatic heterocycles. The summed E-state index contributed by atoms with van der Waals surface area (Å²) in [6, 6.07) is 5.50. The van der Waals surface area contributed by atoms with E-state index in [4.69, 9.17) is 23.2 Å². The van der Waals surface area contributed by atoms with Gasteiger partial charge in [-0.3, -0.25) is 0 Å². The van der Waals surface area contributed by atoms with Gasteiger partial charge in [-0.05, 0) is 24.5 Å². The highest BCUT2D eigenvalue weighted by Crippen LogP contribution is 2.32. The highest BCUT2D eigenvalue weighted by atomic mass is 35.5. The molecule has 3 heteroatoms. The topological polar surface area (TPSA) is 17.1 Å². The van der Waals surface area contributed by atoms with Crippen LogP contribution in [0.25, 0.3) is 0 Å². The largest absolute Gasteiger partial charge is 0.300 e. The number of rotatable bonds is 3. The molecule has 0 radical (unpaired) electrons. The summed E-state index contributed by atoms with van der Waals surface area (Å²) in [4.78, 5) is 10.9. The Kier molecular flexibility index (Phi) is 3.97. The van der Waals surface area contributed by atoms with Crippen LogP contribution in [-0.4, -0.2) is 5.78 Å². The number of hydrogen-bond donors (Lipinski definition) is 0. The van der Waals surface area contributed by atoms with Gasteiger partial charge in [-0.25, -0.2) is 0 Å². The molecule has 0 aliphatic carbocycles. The zero-order valence-corrected chi connectivity index (χ0v) is 9.69. The molecule has 1 aromatic rings. The molecular formula is C11H12Cl2O. The number of carbonyl (C=O) groups excluding carboxylic acids is 1. The molecule has 1 atom stereocenters. The van der Waals surface area contributed by atoms with Crippen molar-refractivity contribution in [3.8, 4) is 0 Å². The van der Waals surface area contributed by atoms with Crippen molar-refractivity contribution in [3.05, 3.63) is 33.8 Å². The first kappa shape index (κ1) is 11.5. The molecule has 0 bridgehead atoms. The first-order chi connectivity index (χ1) is 6.52. The highest BCUT2D eigenvalue weighted by Gasteiger charge is 2.13. The maximum Gasteiger partial charge on any atom is 0.130 e. The second-order valence-electron chi connectivity index (χ2n) is 3.45. The summed E-state index contributed by atoms with van der Waals surface area (Å²) < 4.78 is 0. The van der Waals surface area contributed by atoms with Crippen molar-refractivity contribution in [2.75, 3.05) is 0 Å². The van der Waals surface area contributed by atoms with Crippen molar-refractivity contribution in [3.63, 3.8) is 0 Å². The molecule has 14 heavy (non-hydrogen) atoms. The summed E-state index contributed by atoms with van der Waals surface area (Å²) in [5, 5.41) is 1.10. The normalized spacial score (nSPS) is 12.6. The zero-order chi connectivity index (χ0) is 10.7. The number of benzene rings is 1. The Morgan fingerprint density at radius 3 is 2.64 bits per heavy atom. The van der Waals surface area contributed by atoms with Crippen molar-refractivity contribution in [2.45, 2.75) is 26.2 Å². The number of carbonyl (C=O) groups is 1. The lowest BCUT2D eigenvalue weighted by molar-refractivity contribution is -0.117. The van der Waals surface area contributed by atoms with Gasteiger partial charge in [-0.1, -0.05) is 42.3 Å². The Labute approximate surface area is 94.0 Å². The Balaban J connectivity index is 2.95. The van der Waals surface area contributed by atoms with Crippen LogP contribution in [0.15, 0.2) is 18.2 Å². The van der Waals surface area contributed by atoms with Crippen LogP contribution in [0.4, 0.5) is 0 Å². The standard InChI is InChI=1S/C11H12Cl2O/c1-7(6-8(2)14)9-4-3-5-10(12)11(9)13/h3-5,7H,6H2,1-2H3. The fourth-order valence-corrected chi connectivity index (χ4v) is 1.94. The van der Waals surface area contributed by atoms with E-state index >= 15 is 0 Å². The molecule has 0 spiro atoms. The van der Waals surface area contributed by atoms with Gasteiger partial charge in [0.25, 0.3) is 0 Å². The third kappa shape index (κ3) is 2.73. The first-order valence-electron chi connectivity index (χ1n) is 4.45. The molecule has 1 aromatic carbocycles. The summed E-state index contributed by atoms with van der Waals surface area (Å²) in [5.74, 6) is 0.284. The molecule has 0 saturated heterocycles. The molecular weight excluding hydrogens is 219 g/mol. The van der Waals surface area contributed by atoms with Crippen molar-refractivity contribution in [1.29, 1.82) is 0 Å². The van der Waals surface area contributed by atoms with E-state index < -0.39 is 0 Å². The summed E-state index contributed by atoms with van der Waals surface area (Å²) >= 11 is 11.9. The Morgan fingerprint density at radius 2 is 2.07 bits per heavy atom. The molecule has 0 fully saturated rings. The quantitative estimate of drug-likeness (QED) is 0.766. The van der Waals surface area contributed by atoms with E-state index in [1.165, 1.54) is 0 Å². The van der Waals surface area contributed by atoms with Crippen molar-refractivity contribution >= 4 is 29.0 Å². The van der Waals surface area contributed by atoms with Crippen LogP contribution < -0.4 is 0 Å². The van der Waals surface area contributed by atoms with Crippen LogP contribution in [0.2, 0.25) is 10.0 Å². The van der Waals surface area contributed by atoms with Gasteiger partial charge in [-0.2, -0.15) is 0 Å². The van der Waals surface area contributed by atoms with E-state index in [0.717, 1.165) is 5.56 Å². The summed E-state index contributed by atoms with van der Waals surface area (Å²) in [6.45, 7) is 3.55. The van der Waals surface area contributed by atoms with Gasteiger partial charge in [0.15, 0.2) is 0 Å². The molecule has 1 rings (SSSR count). The van der Waals surface area contributed by atoms with Gasteiger partial charge >= 0.3 is 0 Å². The lowest BCUT2D eigenvalue weighted by atomic mass is 9.96. The molecule has 0 saturated carbocycles. The maximum absolute atomic E-state index is 10.9. The smallest absolute Gasteiger partial charge is 0.130 e. The molecule has 0 aromatic heterocycles. The summed E-state index contributed by atoms with van der Waals surface area (Å²) in [5.41, 5.74) is 0.939. The van der Waals surface area contributed by atoms with Crippen LogP contribution in [0, 0.1) is 0 Å². The number of halogens is 2. The van der Waals surface area contributed by atoms with E-state index in [-0.39, 0.29) is 11.7 Å². The van der Waals surface area contributed by atoms with Crippen molar-refractivity contribution in [2.24, 2.45) is 0 Å². The Hall–Kier alpha value is -0.530. The van der Waals surface area contributed by atoms with Gasteiger partial charge in [0.05, 0.1) is 10.0 Å². The van der Waals surface area contributed by atoms with Crippen LogP contribution in [0.5, 0.6) is 0 Å². The van der Waals surface area contributed by atoms with Gasteiger partial charge < -0.3 is 4.79 Å². The maximum atomic E-state index is 10.9. The van der Waals surface area contributed by atoms with Crippen LogP contribution in [0.3, 0.4) is 0 Å². The van der Waals surface area contributed by atoms with Crippen LogP contribution >= 0.6 is 23.2 Å². The Morgan fingerprint density at radius 1 is 1.43 bits per heavy atom. The minimum absolute atomic E-state index is 0.124. The van der Waals surface area contributed by atoms with E-state index in [1.807, 2.05) is 19.1 Å². The fourth-order valence-electron chi connectivity index (χ4n) is 1.44. The third-order valence-corrected chi connectivity index (χ3v) is 2.94. The van der Waals surface area contributed by atoms with E-state index in [2.05, 4.69) is 0 Å². The summed E-state index contributed by atoms with van der Waals surface area (Å²) in [6.07, 6.45) is 0.500. The van der Waals surface area contributed by atoms with Gasteiger partial charge in [0.1, 0.15) is 5.78 Å². The van der Waals surface area contributed by atoms with Gasteiger partial charge in [0, 0.05) is 6.42 Å². The molecule has 0 amide bonds. The lowest BCUT2D eigenvalue weighted by Gasteiger charge is -2.12. The predicted molar refractivity (Wildman–Crippen MR) is 60.2 cm³/mol. The number of hydrogen-bond acceptors (Lipinski definition) is 1. The Bertz CT molecular complexity index is 347. The second kappa shape index (κ2) is 4.81. The van der Waals surface area contributed by atoms with Crippen molar-refractivity contribution in [1.82, 2.24) is 0 Å². The van der Waals surface area contributed by atoms with Crippen molar-refractivity contribution < 1.29 is 4.79 Å².